The maximum absolute atomic E-state index is 12.5. The Morgan fingerprint density at radius 3 is 2.96 bits per heavy atom. The molecule has 1 saturated heterocycles. The van der Waals surface area contributed by atoms with Gasteiger partial charge in [0, 0.05) is 57.3 Å². The lowest BCUT2D eigenvalue weighted by molar-refractivity contribution is -0.131. The summed E-state index contributed by atoms with van der Waals surface area (Å²) in [6.07, 6.45) is 7.46. The normalized spacial score (nSPS) is 16.3. The fourth-order valence-electron chi connectivity index (χ4n) is 3.17. The van der Waals surface area contributed by atoms with Gasteiger partial charge in [0.05, 0.1) is 12.0 Å². The van der Waals surface area contributed by atoms with E-state index in [1.165, 1.54) is 10.6 Å². The average Bonchev–Trinajstić information content (AvgIpc) is 3.16. The molecule has 0 atom stereocenters. The van der Waals surface area contributed by atoms with Crippen LogP contribution in [0.15, 0.2) is 30.0 Å². The molecule has 1 fully saturated rings. The monoisotopic (exact) mass is 346 g/mol. The number of thiophene rings is 1. The highest BCUT2D eigenvalue weighted by Gasteiger charge is 2.19. The van der Waals surface area contributed by atoms with E-state index >= 15 is 0 Å². The number of hydrogen-bond donors (Lipinski definition) is 0. The van der Waals surface area contributed by atoms with Gasteiger partial charge in [-0.25, -0.2) is 4.98 Å². The van der Waals surface area contributed by atoms with Crippen molar-refractivity contribution < 1.29 is 4.79 Å². The average molecular weight is 346 g/mol. The summed E-state index contributed by atoms with van der Waals surface area (Å²) in [5, 5.41) is 2.10. The van der Waals surface area contributed by atoms with Gasteiger partial charge >= 0.3 is 0 Å². The number of aromatic nitrogens is 2. The Morgan fingerprint density at radius 1 is 1.29 bits per heavy atom. The van der Waals surface area contributed by atoms with Crippen LogP contribution in [0.4, 0.5) is 0 Å². The smallest absolute Gasteiger partial charge is 0.222 e. The van der Waals surface area contributed by atoms with Gasteiger partial charge in [-0.2, -0.15) is 0 Å². The van der Waals surface area contributed by atoms with Crippen LogP contribution < -0.4 is 0 Å². The summed E-state index contributed by atoms with van der Waals surface area (Å²) in [5.41, 5.74) is 1.23. The molecule has 0 aliphatic carbocycles. The van der Waals surface area contributed by atoms with E-state index in [1.807, 2.05) is 19.6 Å². The minimum absolute atomic E-state index is 0.314. The van der Waals surface area contributed by atoms with Crippen molar-refractivity contribution in [2.24, 2.45) is 7.05 Å². The summed E-state index contributed by atoms with van der Waals surface area (Å²) in [5.74, 6) is 0.314. The Hall–Kier alpha value is -1.66. The molecule has 3 heterocycles. The first-order valence-electron chi connectivity index (χ1n) is 8.70. The number of imidazole rings is 1. The van der Waals surface area contributed by atoms with E-state index in [0.29, 0.717) is 12.3 Å². The van der Waals surface area contributed by atoms with Gasteiger partial charge in [0.25, 0.3) is 0 Å². The molecule has 24 heavy (non-hydrogen) atoms. The Morgan fingerprint density at radius 2 is 2.21 bits per heavy atom. The lowest BCUT2D eigenvalue weighted by atomic mass is 10.2. The number of carbonyl (C=O) groups is 1. The highest BCUT2D eigenvalue weighted by molar-refractivity contribution is 7.09. The number of nitrogens with zero attached hydrogens (tertiary/aromatic N) is 4. The van der Waals surface area contributed by atoms with Crippen molar-refractivity contribution in [3.8, 4) is 0 Å². The molecule has 0 radical (unpaired) electrons. The summed E-state index contributed by atoms with van der Waals surface area (Å²) >= 11 is 1.78. The molecule has 0 unspecified atom stereocenters. The van der Waals surface area contributed by atoms with Crippen molar-refractivity contribution in [2.45, 2.75) is 32.2 Å². The highest BCUT2D eigenvalue weighted by atomic mass is 32.1. The summed E-state index contributed by atoms with van der Waals surface area (Å²) in [4.78, 5) is 22.5. The SMILES string of the molecule is Cn1cncc1CN1CCCN(C(=O)CCCc2cccs2)CC1. The van der Waals surface area contributed by atoms with Crippen molar-refractivity contribution in [2.75, 3.05) is 26.2 Å². The molecule has 2 aromatic heterocycles. The maximum atomic E-state index is 12.5. The van der Waals surface area contributed by atoms with Crippen LogP contribution in [0, 0.1) is 0 Å². The van der Waals surface area contributed by atoms with Gasteiger partial charge in [0.15, 0.2) is 0 Å². The molecule has 5 nitrogen and oxygen atoms in total. The number of rotatable bonds is 6. The molecule has 2 aromatic rings. The van der Waals surface area contributed by atoms with E-state index < -0.39 is 0 Å². The standard InChI is InChI=1S/C18H26N4OS/c1-20-15-19-13-16(20)14-21-8-4-9-22(11-10-21)18(23)7-2-5-17-6-3-12-24-17/h3,6,12-13,15H,2,4-5,7-11,14H2,1H3. The van der Waals surface area contributed by atoms with Crippen LogP contribution in [-0.4, -0.2) is 51.4 Å². The van der Waals surface area contributed by atoms with E-state index in [-0.39, 0.29) is 0 Å². The zero-order valence-electron chi connectivity index (χ0n) is 14.4. The van der Waals surface area contributed by atoms with Gasteiger partial charge in [-0.1, -0.05) is 6.07 Å². The van der Waals surface area contributed by atoms with E-state index in [4.69, 9.17) is 0 Å². The summed E-state index contributed by atoms with van der Waals surface area (Å²) < 4.78 is 2.07. The van der Waals surface area contributed by atoms with Crippen LogP contribution in [0.25, 0.3) is 0 Å². The molecule has 0 saturated carbocycles. The fourth-order valence-corrected chi connectivity index (χ4v) is 3.92. The topological polar surface area (TPSA) is 41.4 Å². The second-order valence-corrected chi connectivity index (χ2v) is 7.47. The fraction of sp³-hybridized carbons (Fsp3) is 0.556. The van der Waals surface area contributed by atoms with Crippen LogP contribution >= 0.6 is 11.3 Å². The molecule has 3 rings (SSSR count). The molecule has 6 heteroatoms. The van der Waals surface area contributed by atoms with Crippen molar-refractivity contribution >= 4 is 17.2 Å². The summed E-state index contributed by atoms with van der Waals surface area (Å²) in [7, 11) is 2.03. The van der Waals surface area contributed by atoms with E-state index in [0.717, 1.165) is 52.0 Å². The molecule has 1 aliphatic rings. The third-order valence-electron chi connectivity index (χ3n) is 4.64. The third-order valence-corrected chi connectivity index (χ3v) is 5.57. The van der Waals surface area contributed by atoms with E-state index in [2.05, 4.69) is 36.9 Å². The first-order valence-corrected chi connectivity index (χ1v) is 9.58. The minimum atomic E-state index is 0.314. The van der Waals surface area contributed by atoms with Crippen LogP contribution in [0.3, 0.4) is 0 Å². The number of hydrogen-bond acceptors (Lipinski definition) is 4. The van der Waals surface area contributed by atoms with Crippen molar-refractivity contribution in [3.05, 3.63) is 40.6 Å². The van der Waals surface area contributed by atoms with Gasteiger partial charge in [-0.05, 0) is 30.7 Å². The highest BCUT2D eigenvalue weighted by Crippen LogP contribution is 2.14. The van der Waals surface area contributed by atoms with Crippen LogP contribution in [0.1, 0.15) is 29.8 Å². The van der Waals surface area contributed by atoms with Gasteiger partial charge in [-0.3, -0.25) is 9.69 Å². The number of amides is 1. The first kappa shape index (κ1) is 17.2. The quantitative estimate of drug-likeness (QED) is 0.807. The van der Waals surface area contributed by atoms with Gasteiger partial charge in [-0.15, -0.1) is 11.3 Å². The van der Waals surface area contributed by atoms with Gasteiger partial charge < -0.3 is 9.47 Å². The predicted molar refractivity (Wildman–Crippen MR) is 96.9 cm³/mol. The molecule has 1 amide bonds. The van der Waals surface area contributed by atoms with Crippen molar-refractivity contribution in [1.29, 1.82) is 0 Å². The van der Waals surface area contributed by atoms with Crippen LogP contribution in [-0.2, 0) is 24.8 Å². The van der Waals surface area contributed by atoms with Crippen molar-refractivity contribution in [1.82, 2.24) is 19.4 Å². The Kier molecular flexibility index (Phi) is 6.04. The molecule has 130 valence electrons. The van der Waals surface area contributed by atoms with Gasteiger partial charge in [0.2, 0.25) is 5.91 Å². The lowest BCUT2D eigenvalue weighted by Gasteiger charge is -2.22. The second-order valence-electron chi connectivity index (χ2n) is 6.44. The molecule has 1 aliphatic heterocycles. The molecule has 0 bridgehead atoms. The van der Waals surface area contributed by atoms with Crippen LogP contribution in [0.2, 0.25) is 0 Å². The molecule has 0 N–H and O–H groups in total. The predicted octanol–water partition coefficient (Wildman–Crippen LogP) is 2.54. The van der Waals surface area contributed by atoms with E-state index in [9.17, 15) is 4.79 Å². The van der Waals surface area contributed by atoms with E-state index in [1.54, 1.807) is 11.3 Å². The maximum Gasteiger partial charge on any atom is 0.222 e. The van der Waals surface area contributed by atoms with Crippen molar-refractivity contribution in [3.63, 3.8) is 0 Å². The van der Waals surface area contributed by atoms with Gasteiger partial charge in [0.1, 0.15) is 0 Å². The first-order chi connectivity index (χ1) is 11.7. The Bertz CT molecular complexity index is 637. The Labute approximate surface area is 147 Å². The molecule has 0 aromatic carbocycles. The van der Waals surface area contributed by atoms with Crippen LogP contribution in [0.5, 0.6) is 0 Å². The molecular weight excluding hydrogens is 320 g/mol. The molecule has 0 spiro atoms. The molecular formula is C18H26N4OS. The zero-order valence-corrected chi connectivity index (χ0v) is 15.2. The number of aryl methyl sites for hydroxylation is 2. The summed E-state index contributed by atoms with van der Waals surface area (Å²) in [6.45, 7) is 4.64. The largest absolute Gasteiger partial charge is 0.341 e. The third kappa shape index (κ3) is 4.68. The minimum Gasteiger partial charge on any atom is -0.341 e. The zero-order chi connectivity index (χ0) is 16.8. The second kappa shape index (κ2) is 8.44. The lowest BCUT2D eigenvalue weighted by Crippen LogP contribution is -2.35. The summed E-state index contributed by atoms with van der Waals surface area (Å²) in [6, 6.07) is 4.23. The Balaban J connectivity index is 1.42. The number of carbonyl (C=O) groups excluding carboxylic acids is 1.